The molecule has 1 aliphatic heterocycles. The van der Waals surface area contributed by atoms with Gasteiger partial charge in [0.1, 0.15) is 0 Å². The number of fused-ring (bicyclic) bond motifs is 1. The third-order valence-electron chi connectivity index (χ3n) is 4.16. The summed E-state index contributed by atoms with van der Waals surface area (Å²) >= 11 is 3.61. The van der Waals surface area contributed by atoms with Crippen LogP contribution in [-0.4, -0.2) is 13.1 Å². The Balaban J connectivity index is 1.95. The zero-order valence-electron chi connectivity index (χ0n) is 12.2. The van der Waals surface area contributed by atoms with Crippen LogP contribution in [0.3, 0.4) is 0 Å². The summed E-state index contributed by atoms with van der Waals surface area (Å²) in [5.74, 6) is 0. The molecule has 0 saturated heterocycles. The van der Waals surface area contributed by atoms with Crippen molar-refractivity contribution in [2.45, 2.75) is 25.8 Å². The Kier molecular flexibility index (Phi) is 4.61. The molecule has 0 saturated carbocycles. The Bertz CT molecular complexity index is 624. The first-order chi connectivity index (χ1) is 10.3. The number of hydrogen-bond donors (Lipinski definition) is 1. The molecule has 0 aliphatic carbocycles. The molecule has 2 aromatic carbocycles. The van der Waals surface area contributed by atoms with Crippen LogP contribution in [0.15, 0.2) is 46.9 Å². The molecule has 3 rings (SSSR count). The van der Waals surface area contributed by atoms with Crippen molar-refractivity contribution in [1.82, 2.24) is 0 Å². The lowest BCUT2D eigenvalue weighted by molar-refractivity contribution is 0.759. The van der Waals surface area contributed by atoms with Crippen LogP contribution in [0.25, 0.3) is 0 Å². The molecule has 0 fully saturated rings. The van der Waals surface area contributed by atoms with E-state index in [-0.39, 0.29) is 0 Å². The fourth-order valence-corrected chi connectivity index (χ4v) is 3.45. The molecule has 0 unspecified atom stereocenters. The van der Waals surface area contributed by atoms with Gasteiger partial charge < -0.3 is 10.6 Å². The molecule has 2 N–H and O–H groups in total. The van der Waals surface area contributed by atoms with Gasteiger partial charge in [0.15, 0.2) is 0 Å². The van der Waals surface area contributed by atoms with Crippen LogP contribution in [0.2, 0.25) is 0 Å². The molecule has 0 aromatic heterocycles. The van der Waals surface area contributed by atoms with Crippen molar-refractivity contribution in [2.24, 2.45) is 5.73 Å². The van der Waals surface area contributed by atoms with Gasteiger partial charge in [0.2, 0.25) is 0 Å². The number of nitrogens with zero attached hydrogens (tertiary/aromatic N) is 1. The normalized spacial score (nSPS) is 14.7. The number of nitrogens with two attached hydrogens (primary N) is 1. The van der Waals surface area contributed by atoms with Crippen LogP contribution in [0, 0.1) is 0 Å². The summed E-state index contributed by atoms with van der Waals surface area (Å²) in [7, 11) is 0. The number of hydrogen-bond acceptors (Lipinski definition) is 2. The summed E-state index contributed by atoms with van der Waals surface area (Å²) in [5, 5.41) is 0. The van der Waals surface area contributed by atoms with Gasteiger partial charge >= 0.3 is 0 Å². The van der Waals surface area contributed by atoms with Crippen LogP contribution < -0.4 is 10.6 Å². The van der Waals surface area contributed by atoms with E-state index in [1.807, 2.05) is 0 Å². The SMILES string of the molecule is NCCc1ccc(Br)cc1N1CCCc2ccccc2C1. The van der Waals surface area contributed by atoms with Gasteiger partial charge in [0.25, 0.3) is 0 Å². The average molecular weight is 345 g/mol. The topological polar surface area (TPSA) is 29.3 Å². The first kappa shape index (κ1) is 14.6. The first-order valence-corrected chi connectivity index (χ1v) is 8.37. The van der Waals surface area contributed by atoms with Gasteiger partial charge in [-0.2, -0.15) is 0 Å². The zero-order chi connectivity index (χ0) is 14.7. The Morgan fingerprint density at radius 2 is 1.90 bits per heavy atom. The minimum atomic E-state index is 0.694. The van der Waals surface area contributed by atoms with Crippen molar-refractivity contribution in [3.63, 3.8) is 0 Å². The smallest absolute Gasteiger partial charge is 0.0432 e. The lowest BCUT2D eigenvalue weighted by Crippen LogP contribution is -2.24. The maximum absolute atomic E-state index is 5.77. The van der Waals surface area contributed by atoms with E-state index in [1.165, 1.54) is 35.2 Å². The highest BCUT2D eigenvalue weighted by Crippen LogP contribution is 2.29. The monoisotopic (exact) mass is 344 g/mol. The van der Waals surface area contributed by atoms with Crippen LogP contribution >= 0.6 is 15.9 Å². The highest BCUT2D eigenvalue weighted by molar-refractivity contribution is 9.10. The fraction of sp³-hybridized carbons (Fsp3) is 0.333. The van der Waals surface area contributed by atoms with E-state index in [0.717, 1.165) is 24.0 Å². The van der Waals surface area contributed by atoms with Gasteiger partial charge in [0.05, 0.1) is 0 Å². The van der Waals surface area contributed by atoms with Crippen molar-refractivity contribution in [3.05, 3.63) is 63.6 Å². The molecule has 0 radical (unpaired) electrons. The Morgan fingerprint density at radius 3 is 2.71 bits per heavy atom. The van der Waals surface area contributed by atoms with Crippen molar-refractivity contribution < 1.29 is 0 Å². The molecule has 110 valence electrons. The molecule has 2 nitrogen and oxygen atoms in total. The Morgan fingerprint density at radius 1 is 1.10 bits per heavy atom. The predicted octanol–water partition coefficient (Wildman–Crippen LogP) is 3.90. The third kappa shape index (κ3) is 3.30. The minimum absolute atomic E-state index is 0.694. The number of aryl methyl sites for hydroxylation is 1. The summed E-state index contributed by atoms with van der Waals surface area (Å²) in [6, 6.07) is 15.4. The van der Waals surface area contributed by atoms with E-state index in [9.17, 15) is 0 Å². The molecule has 21 heavy (non-hydrogen) atoms. The van der Waals surface area contributed by atoms with Gasteiger partial charge in [-0.05, 0) is 54.6 Å². The predicted molar refractivity (Wildman–Crippen MR) is 92.7 cm³/mol. The van der Waals surface area contributed by atoms with Crippen LogP contribution in [0.4, 0.5) is 5.69 Å². The third-order valence-corrected chi connectivity index (χ3v) is 4.65. The summed E-state index contributed by atoms with van der Waals surface area (Å²) < 4.78 is 1.14. The molecule has 0 atom stereocenters. The number of halogens is 1. The lowest BCUT2D eigenvalue weighted by atomic mass is 10.0. The second-order valence-corrected chi connectivity index (χ2v) is 6.52. The first-order valence-electron chi connectivity index (χ1n) is 7.58. The van der Waals surface area contributed by atoms with Crippen molar-refractivity contribution in [1.29, 1.82) is 0 Å². The molecule has 0 bridgehead atoms. The quantitative estimate of drug-likeness (QED) is 0.914. The molecule has 3 heteroatoms. The second-order valence-electron chi connectivity index (χ2n) is 5.61. The van der Waals surface area contributed by atoms with Crippen LogP contribution in [0.5, 0.6) is 0 Å². The summed E-state index contributed by atoms with van der Waals surface area (Å²) in [4.78, 5) is 2.50. The lowest BCUT2D eigenvalue weighted by Gasteiger charge is -2.26. The molecule has 0 spiro atoms. The van der Waals surface area contributed by atoms with E-state index in [0.29, 0.717) is 6.54 Å². The van der Waals surface area contributed by atoms with Crippen molar-refractivity contribution in [2.75, 3.05) is 18.0 Å². The molecular formula is C18H21BrN2. The van der Waals surface area contributed by atoms with Crippen molar-refractivity contribution >= 4 is 21.6 Å². The van der Waals surface area contributed by atoms with Crippen LogP contribution in [-0.2, 0) is 19.4 Å². The zero-order valence-corrected chi connectivity index (χ0v) is 13.8. The van der Waals surface area contributed by atoms with Gasteiger partial charge in [0, 0.05) is 23.2 Å². The minimum Gasteiger partial charge on any atom is -0.367 e. The largest absolute Gasteiger partial charge is 0.367 e. The van der Waals surface area contributed by atoms with E-state index < -0.39 is 0 Å². The van der Waals surface area contributed by atoms with E-state index in [4.69, 9.17) is 5.73 Å². The van der Waals surface area contributed by atoms with Crippen molar-refractivity contribution in [3.8, 4) is 0 Å². The molecular weight excluding hydrogens is 324 g/mol. The number of benzene rings is 2. The Hall–Kier alpha value is -1.32. The number of rotatable bonds is 3. The van der Waals surface area contributed by atoms with Gasteiger partial charge in [-0.25, -0.2) is 0 Å². The summed E-state index contributed by atoms with van der Waals surface area (Å²) in [5.41, 5.74) is 11.4. The van der Waals surface area contributed by atoms with Gasteiger partial charge in [-0.3, -0.25) is 0 Å². The fourth-order valence-electron chi connectivity index (χ4n) is 3.10. The van der Waals surface area contributed by atoms with E-state index in [2.05, 4.69) is 63.3 Å². The summed E-state index contributed by atoms with van der Waals surface area (Å²) in [6.07, 6.45) is 3.30. The second kappa shape index (κ2) is 6.63. The average Bonchev–Trinajstić information content (AvgIpc) is 2.71. The van der Waals surface area contributed by atoms with Gasteiger partial charge in [-0.1, -0.05) is 46.3 Å². The van der Waals surface area contributed by atoms with Gasteiger partial charge in [-0.15, -0.1) is 0 Å². The Labute approximate surface area is 135 Å². The highest BCUT2D eigenvalue weighted by Gasteiger charge is 2.17. The molecule has 1 aliphatic rings. The molecule has 1 heterocycles. The highest BCUT2D eigenvalue weighted by atomic mass is 79.9. The maximum atomic E-state index is 5.77. The standard InChI is InChI=1S/C18H21BrN2/c19-17-8-7-15(9-10-20)18(12-17)21-11-3-6-14-4-1-2-5-16(14)13-21/h1-2,4-5,7-8,12H,3,6,9-11,13,20H2. The van der Waals surface area contributed by atoms with E-state index >= 15 is 0 Å². The van der Waals surface area contributed by atoms with E-state index in [1.54, 1.807) is 0 Å². The number of anilines is 1. The van der Waals surface area contributed by atoms with Crippen LogP contribution in [0.1, 0.15) is 23.1 Å². The molecule has 2 aromatic rings. The molecule has 0 amide bonds. The maximum Gasteiger partial charge on any atom is 0.0432 e. The summed E-state index contributed by atoms with van der Waals surface area (Å²) in [6.45, 7) is 2.78.